The molecule has 2 N–H and O–H groups in total. The van der Waals surface area contributed by atoms with Crippen molar-refractivity contribution in [1.29, 1.82) is 0 Å². The van der Waals surface area contributed by atoms with Gasteiger partial charge in [0, 0.05) is 11.3 Å². The van der Waals surface area contributed by atoms with Crippen LogP contribution in [0.4, 0.5) is 0 Å². The molecule has 2 rings (SSSR count). The summed E-state index contributed by atoms with van der Waals surface area (Å²) in [4.78, 5) is 23.5. The van der Waals surface area contributed by atoms with Crippen LogP contribution in [-0.4, -0.2) is 41.1 Å². The molecule has 6 heteroatoms. The molecule has 19 heavy (non-hydrogen) atoms. The third kappa shape index (κ3) is 2.84. The minimum absolute atomic E-state index is 0.385. The first-order chi connectivity index (χ1) is 9.07. The minimum Gasteiger partial charge on any atom is -0.497 e. The first-order valence-electron chi connectivity index (χ1n) is 5.85. The molecule has 1 saturated heterocycles. The Hall–Kier alpha value is -1.69. The fraction of sp³-hybridized carbons (Fsp3) is 0.385. The standard InChI is InChI=1S/C13H15NO4S/c1-18-10-4-2-3-9(7-10)11(15)14-13(12(16)17)5-6-19-8-13/h2-4,7H,5-6,8H2,1H3,(H,14,15)(H,16,17). The summed E-state index contributed by atoms with van der Waals surface area (Å²) in [5.41, 5.74) is -0.748. The van der Waals surface area contributed by atoms with E-state index in [1.807, 2.05) is 0 Å². The van der Waals surface area contributed by atoms with Crippen LogP contribution in [0.1, 0.15) is 16.8 Å². The Bertz CT molecular complexity index is 497. The van der Waals surface area contributed by atoms with Gasteiger partial charge >= 0.3 is 5.97 Å². The number of hydrogen-bond donors (Lipinski definition) is 2. The third-order valence-electron chi connectivity index (χ3n) is 3.12. The zero-order valence-electron chi connectivity index (χ0n) is 10.5. The van der Waals surface area contributed by atoms with Gasteiger partial charge in [0.1, 0.15) is 11.3 Å². The molecule has 0 bridgehead atoms. The van der Waals surface area contributed by atoms with Crippen LogP contribution in [0.3, 0.4) is 0 Å². The summed E-state index contributed by atoms with van der Waals surface area (Å²) in [6.45, 7) is 0. The number of carboxylic acid groups (broad SMARTS) is 1. The van der Waals surface area contributed by atoms with Crippen LogP contribution in [0.15, 0.2) is 24.3 Å². The summed E-state index contributed by atoms with van der Waals surface area (Å²) in [6, 6.07) is 6.65. The van der Waals surface area contributed by atoms with Crippen LogP contribution in [0.25, 0.3) is 0 Å². The molecule has 1 atom stereocenters. The zero-order chi connectivity index (χ0) is 13.9. The second-order valence-corrected chi connectivity index (χ2v) is 5.48. The molecule has 1 aliphatic heterocycles. The van der Waals surface area contributed by atoms with E-state index in [0.717, 1.165) is 5.75 Å². The largest absolute Gasteiger partial charge is 0.497 e. The topological polar surface area (TPSA) is 75.6 Å². The highest BCUT2D eigenvalue weighted by Gasteiger charge is 2.43. The Morgan fingerprint density at radius 1 is 1.47 bits per heavy atom. The molecular weight excluding hydrogens is 266 g/mol. The lowest BCUT2D eigenvalue weighted by molar-refractivity contribution is -0.143. The second kappa shape index (κ2) is 5.52. The number of carbonyl (C=O) groups excluding carboxylic acids is 1. The fourth-order valence-electron chi connectivity index (χ4n) is 1.94. The van der Waals surface area contributed by atoms with E-state index in [-0.39, 0.29) is 5.91 Å². The lowest BCUT2D eigenvalue weighted by Gasteiger charge is -2.24. The molecule has 0 saturated carbocycles. The van der Waals surface area contributed by atoms with Crippen LogP contribution in [0, 0.1) is 0 Å². The van der Waals surface area contributed by atoms with Crippen molar-refractivity contribution >= 4 is 23.6 Å². The lowest BCUT2D eigenvalue weighted by atomic mass is 9.98. The van der Waals surface area contributed by atoms with Gasteiger partial charge in [-0.25, -0.2) is 4.79 Å². The van der Waals surface area contributed by atoms with Crippen molar-refractivity contribution in [2.45, 2.75) is 12.0 Å². The number of rotatable bonds is 4. The Morgan fingerprint density at radius 2 is 2.26 bits per heavy atom. The molecule has 0 spiro atoms. The summed E-state index contributed by atoms with van der Waals surface area (Å²) < 4.78 is 5.05. The molecule has 1 unspecified atom stereocenters. The molecule has 0 radical (unpaired) electrons. The van der Waals surface area contributed by atoms with Gasteiger partial charge < -0.3 is 15.2 Å². The highest BCUT2D eigenvalue weighted by molar-refractivity contribution is 7.99. The van der Waals surface area contributed by atoms with Gasteiger partial charge in [-0.1, -0.05) is 6.07 Å². The van der Waals surface area contributed by atoms with E-state index in [1.165, 1.54) is 18.9 Å². The quantitative estimate of drug-likeness (QED) is 0.872. The number of benzene rings is 1. The fourth-order valence-corrected chi connectivity index (χ4v) is 3.27. The van der Waals surface area contributed by atoms with Gasteiger partial charge in [-0.2, -0.15) is 11.8 Å². The Balaban J connectivity index is 2.17. The van der Waals surface area contributed by atoms with Crippen LogP contribution >= 0.6 is 11.8 Å². The number of amides is 1. The van der Waals surface area contributed by atoms with Gasteiger partial charge in [-0.15, -0.1) is 0 Å². The van der Waals surface area contributed by atoms with Crippen molar-refractivity contribution < 1.29 is 19.4 Å². The first kappa shape index (κ1) is 13.7. The van der Waals surface area contributed by atoms with Gasteiger partial charge in [0.05, 0.1) is 7.11 Å². The summed E-state index contributed by atoms with van der Waals surface area (Å²) in [7, 11) is 1.52. The Kier molecular flexibility index (Phi) is 3.99. The van der Waals surface area contributed by atoms with Gasteiger partial charge in [0.25, 0.3) is 5.91 Å². The maximum absolute atomic E-state index is 12.1. The predicted molar refractivity (Wildman–Crippen MR) is 72.8 cm³/mol. The van der Waals surface area contributed by atoms with Crippen molar-refractivity contribution in [2.24, 2.45) is 0 Å². The van der Waals surface area contributed by atoms with Crippen LogP contribution in [0.2, 0.25) is 0 Å². The lowest BCUT2D eigenvalue weighted by Crippen LogP contribution is -2.54. The van der Waals surface area contributed by atoms with Crippen molar-refractivity contribution in [3.05, 3.63) is 29.8 Å². The third-order valence-corrected chi connectivity index (χ3v) is 4.31. The molecule has 0 aliphatic carbocycles. The van der Waals surface area contributed by atoms with Gasteiger partial charge in [-0.3, -0.25) is 4.79 Å². The molecule has 0 aromatic heterocycles. The molecule has 1 aromatic carbocycles. The zero-order valence-corrected chi connectivity index (χ0v) is 11.3. The molecular formula is C13H15NO4S. The smallest absolute Gasteiger partial charge is 0.330 e. The number of ether oxygens (including phenoxy) is 1. The van der Waals surface area contributed by atoms with E-state index in [4.69, 9.17) is 4.74 Å². The van der Waals surface area contributed by atoms with E-state index >= 15 is 0 Å². The predicted octanol–water partition coefficient (Wildman–Crippen LogP) is 1.39. The number of carbonyl (C=O) groups is 2. The molecule has 5 nitrogen and oxygen atoms in total. The van der Waals surface area contributed by atoms with Gasteiger partial charge in [0.15, 0.2) is 0 Å². The number of aliphatic carboxylic acids is 1. The SMILES string of the molecule is COc1cccc(C(=O)NC2(C(=O)O)CCSC2)c1. The number of carboxylic acids is 1. The number of nitrogens with one attached hydrogen (secondary N) is 1. The van der Waals surface area contributed by atoms with Crippen molar-refractivity contribution in [3.63, 3.8) is 0 Å². The molecule has 1 heterocycles. The summed E-state index contributed by atoms with van der Waals surface area (Å²) >= 11 is 1.53. The summed E-state index contributed by atoms with van der Waals surface area (Å²) in [5.74, 6) is 0.346. The molecule has 1 aliphatic rings. The van der Waals surface area contributed by atoms with Gasteiger partial charge in [-0.05, 0) is 30.4 Å². The molecule has 1 amide bonds. The van der Waals surface area contributed by atoms with Crippen molar-refractivity contribution in [2.75, 3.05) is 18.6 Å². The summed E-state index contributed by atoms with van der Waals surface area (Å²) in [6.07, 6.45) is 0.447. The monoisotopic (exact) mass is 281 g/mol. The van der Waals surface area contributed by atoms with E-state index in [2.05, 4.69) is 5.32 Å². The van der Waals surface area contributed by atoms with E-state index in [1.54, 1.807) is 24.3 Å². The van der Waals surface area contributed by atoms with E-state index in [9.17, 15) is 14.7 Å². The van der Waals surface area contributed by atoms with E-state index in [0.29, 0.717) is 23.5 Å². The average Bonchev–Trinajstić information content (AvgIpc) is 2.88. The Labute approximate surface area is 115 Å². The second-order valence-electron chi connectivity index (χ2n) is 4.38. The number of methoxy groups -OCH3 is 1. The van der Waals surface area contributed by atoms with Crippen LogP contribution in [0.5, 0.6) is 5.75 Å². The van der Waals surface area contributed by atoms with Crippen LogP contribution in [-0.2, 0) is 4.79 Å². The van der Waals surface area contributed by atoms with Gasteiger partial charge in [0.2, 0.25) is 0 Å². The first-order valence-corrected chi connectivity index (χ1v) is 7.00. The maximum atomic E-state index is 12.1. The van der Waals surface area contributed by atoms with Crippen molar-refractivity contribution in [3.8, 4) is 5.75 Å². The molecule has 1 aromatic rings. The minimum atomic E-state index is -1.15. The maximum Gasteiger partial charge on any atom is 0.330 e. The van der Waals surface area contributed by atoms with E-state index < -0.39 is 11.5 Å². The highest BCUT2D eigenvalue weighted by atomic mass is 32.2. The number of hydrogen-bond acceptors (Lipinski definition) is 4. The van der Waals surface area contributed by atoms with Crippen LogP contribution < -0.4 is 10.1 Å². The number of thioether (sulfide) groups is 1. The Morgan fingerprint density at radius 3 is 2.84 bits per heavy atom. The highest BCUT2D eigenvalue weighted by Crippen LogP contribution is 2.28. The molecule has 1 fully saturated rings. The average molecular weight is 281 g/mol. The normalized spacial score (nSPS) is 21.9. The summed E-state index contributed by atoms with van der Waals surface area (Å²) in [5, 5.41) is 12.0. The van der Waals surface area contributed by atoms with Crippen molar-refractivity contribution in [1.82, 2.24) is 5.32 Å². The molecule has 102 valence electrons.